The van der Waals surface area contributed by atoms with E-state index in [4.69, 9.17) is 4.74 Å². The summed E-state index contributed by atoms with van der Waals surface area (Å²) in [4.78, 5) is 18.6. The van der Waals surface area contributed by atoms with Crippen molar-refractivity contribution in [1.29, 1.82) is 0 Å². The number of nitrogens with zero attached hydrogens (tertiary/aromatic N) is 2. The van der Waals surface area contributed by atoms with Crippen LogP contribution in [0.25, 0.3) is 0 Å². The summed E-state index contributed by atoms with van der Waals surface area (Å²) in [6.45, 7) is 6.65. The number of rotatable bonds is 6. The van der Waals surface area contributed by atoms with Gasteiger partial charge >= 0.3 is 6.03 Å². The SMILES string of the molecule is CCC(c1ccncc1)N(CC)C(=O)Nc1ccc(OC)c(C)c1. The van der Waals surface area contributed by atoms with Crippen LogP contribution in [-0.4, -0.2) is 29.6 Å². The molecule has 0 aliphatic rings. The van der Waals surface area contributed by atoms with Gasteiger partial charge in [-0.1, -0.05) is 6.92 Å². The second-order valence-electron chi connectivity index (χ2n) is 5.61. The molecule has 128 valence electrons. The summed E-state index contributed by atoms with van der Waals surface area (Å²) in [7, 11) is 1.64. The average Bonchev–Trinajstić information content (AvgIpc) is 2.60. The van der Waals surface area contributed by atoms with Gasteiger partial charge in [0.25, 0.3) is 0 Å². The maximum absolute atomic E-state index is 12.8. The van der Waals surface area contributed by atoms with Crippen molar-refractivity contribution in [3.63, 3.8) is 0 Å². The number of anilines is 1. The molecule has 1 heterocycles. The van der Waals surface area contributed by atoms with Crippen molar-refractivity contribution in [3.8, 4) is 5.75 Å². The molecule has 0 saturated heterocycles. The molecule has 0 saturated carbocycles. The Balaban J connectivity index is 2.17. The maximum atomic E-state index is 12.8. The van der Waals surface area contributed by atoms with E-state index in [1.54, 1.807) is 19.5 Å². The lowest BCUT2D eigenvalue weighted by Crippen LogP contribution is -2.37. The van der Waals surface area contributed by atoms with Gasteiger partial charge in [-0.2, -0.15) is 0 Å². The molecule has 1 N–H and O–H groups in total. The van der Waals surface area contributed by atoms with Crippen molar-refractivity contribution in [2.24, 2.45) is 0 Å². The molecule has 2 aromatic rings. The van der Waals surface area contributed by atoms with Crippen LogP contribution in [0.5, 0.6) is 5.75 Å². The number of pyridine rings is 1. The van der Waals surface area contributed by atoms with E-state index in [1.807, 2.05) is 49.1 Å². The van der Waals surface area contributed by atoms with Gasteiger partial charge in [0.2, 0.25) is 0 Å². The molecule has 24 heavy (non-hydrogen) atoms. The molecule has 0 radical (unpaired) electrons. The summed E-state index contributed by atoms with van der Waals surface area (Å²) in [5, 5.41) is 2.99. The Kier molecular flexibility index (Phi) is 6.18. The topological polar surface area (TPSA) is 54.5 Å². The van der Waals surface area contributed by atoms with E-state index >= 15 is 0 Å². The first kappa shape index (κ1) is 17.8. The fraction of sp³-hybridized carbons (Fsp3) is 0.368. The minimum absolute atomic E-state index is 0.0253. The summed E-state index contributed by atoms with van der Waals surface area (Å²) >= 11 is 0. The Morgan fingerprint density at radius 1 is 1.25 bits per heavy atom. The number of methoxy groups -OCH3 is 1. The van der Waals surface area contributed by atoms with Crippen molar-refractivity contribution in [2.75, 3.05) is 19.0 Å². The van der Waals surface area contributed by atoms with Gasteiger partial charge in [0.15, 0.2) is 0 Å². The molecule has 5 nitrogen and oxygen atoms in total. The monoisotopic (exact) mass is 327 g/mol. The van der Waals surface area contributed by atoms with Gasteiger partial charge < -0.3 is 15.0 Å². The average molecular weight is 327 g/mol. The van der Waals surface area contributed by atoms with Crippen LogP contribution in [-0.2, 0) is 0 Å². The lowest BCUT2D eigenvalue weighted by Gasteiger charge is -2.30. The molecule has 2 rings (SSSR count). The van der Waals surface area contributed by atoms with Gasteiger partial charge in [0.05, 0.1) is 13.2 Å². The third kappa shape index (κ3) is 4.04. The molecular formula is C19H25N3O2. The van der Waals surface area contributed by atoms with Crippen LogP contribution in [0, 0.1) is 6.92 Å². The molecule has 0 aliphatic heterocycles. The molecule has 1 unspecified atom stereocenters. The second kappa shape index (κ2) is 8.34. The van der Waals surface area contributed by atoms with Crippen LogP contribution in [0.15, 0.2) is 42.7 Å². The van der Waals surface area contributed by atoms with Crippen LogP contribution in [0.3, 0.4) is 0 Å². The number of urea groups is 1. The maximum Gasteiger partial charge on any atom is 0.322 e. The zero-order chi connectivity index (χ0) is 17.5. The highest BCUT2D eigenvalue weighted by Gasteiger charge is 2.22. The minimum atomic E-state index is -0.106. The predicted molar refractivity (Wildman–Crippen MR) is 96.4 cm³/mol. The molecule has 1 aromatic heterocycles. The molecular weight excluding hydrogens is 302 g/mol. The van der Waals surface area contributed by atoms with Crippen molar-refractivity contribution < 1.29 is 9.53 Å². The molecule has 0 fully saturated rings. The summed E-state index contributed by atoms with van der Waals surface area (Å²) in [5.41, 5.74) is 2.84. The zero-order valence-corrected chi connectivity index (χ0v) is 14.7. The molecule has 2 amide bonds. The van der Waals surface area contributed by atoms with Gasteiger partial charge in [-0.05, 0) is 61.7 Å². The normalized spacial score (nSPS) is 11.7. The highest BCUT2D eigenvalue weighted by atomic mass is 16.5. The zero-order valence-electron chi connectivity index (χ0n) is 14.7. The fourth-order valence-corrected chi connectivity index (χ4v) is 2.88. The Morgan fingerprint density at radius 2 is 1.96 bits per heavy atom. The molecule has 1 aromatic carbocycles. The van der Waals surface area contributed by atoms with Crippen LogP contribution in [0.1, 0.15) is 37.4 Å². The number of nitrogens with one attached hydrogen (secondary N) is 1. The lowest BCUT2D eigenvalue weighted by molar-refractivity contribution is 0.190. The first-order valence-electron chi connectivity index (χ1n) is 8.22. The number of aryl methyl sites for hydroxylation is 1. The molecule has 0 aliphatic carbocycles. The molecule has 5 heteroatoms. The first-order chi connectivity index (χ1) is 11.6. The summed E-state index contributed by atoms with van der Waals surface area (Å²) in [6, 6.07) is 9.47. The number of ether oxygens (including phenoxy) is 1. The van der Waals surface area contributed by atoms with Crippen LogP contribution < -0.4 is 10.1 Å². The van der Waals surface area contributed by atoms with Crippen molar-refractivity contribution in [1.82, 2.24) is 9.88 Å². The van der Waals surface area contributed by atoms with Crippen molar-refractivity contribution >= 4 is 11.7 Å². The summed E-state index contributed by atoms with van der Waals surface area (Å²) in [5.74, 6) is 0.809. The van der Waals surface area contributed by atoms with Crippen molar-refractivity contribution in [2.45, 2.75) is 33.2 Å². The van der Waals surface area contributed by atoms with E-state index in [-0.39, 0.29) is 12.1 Å². The first-order valence-corrected chi connectivity index (χ1v) is 8.22. The highest BCUT2D eigenvalue weighted by Crippen LogP contribution is 2.26. The van der Waals surface area contributed by atoms with Crippen LogP contribution >= 0.6 is 0 Å². The van der Waals surface area contributed by atoms with E-state index in [0.717, 1.165) is 29.0 Å². The Hall–Kier alpha value is -2.56. The third-order valence-electron chi connectivity index (χ3n) is 4.10. The Morgan fingerprint density at radius 3 is 2.50 bits per heavy atom. The molecule has 1 atom stereocenters. The van der Waals surface area contributed by atoms with E-state index in [9.17, 15) is 4.79 Å². The fourth-order valence-electron chi connectivity index (χ4n) is 2.88. The number of aromatic nitrogens is 1. The lowest BCUT2D eigenvalue weighted by atomic mass is 10.0. The Labute approximate surface area is 143 Å². The van der Waals surface area contributed by atoms with E-state index in [2.05, 4.69) is 17.2 Å². The smallest absolute Gasteiger partial charge is 0.322 e. The number of hydrogen-bond acceptors (Lipinski definition) is 3. The standard InChI is InChI=1S/C19H25N3O2/c1-5-17(15-9-11-20-12-10-15)22(6-2)19(23)21-16-7-8-18(24-4)14(3)13-16/h7-13,17H,5-6H2,1-4H3,(H,21,23). The van der Waals surface area contributed by atoms with E-state index < -0.39 is 0 Å². The number of benzene rings is 1. The Bertz CT molecular complexity index is 674. The number of carbonyl (C=O) groups excluding carboxylic acids is 1. The van der Waals surface area contributed by atoms with Gasteiger partial charge in [-0.15, -0.1) is 0 Å². The third-order valence-corrected chi connectivity index (χ3v) is 4.10. The van der Waals surface area contributed by atoms with Gasteiger partial charge in [-0.3, -0.25) is 4.98 Å². The summed E-state index contributed by atoms with van der Waals surface area (Å²) < 4.78 is 5.26. The number of amides is 2. The number of carbonyl (C=O) groups is 1. The highest BCUT2D eigenvalue weighted by molar-refractivity contribution is 5.89. The van der Waals surface area contributed by atoms with Gasteiger partial charge in [0, 0.05) is 24.6 Å². The van der Waals surface area contributed by atoms with Crippen LogP contribution in [0.2, 0.25) is 0 Å². The van der Waals surface area contributed by atoms with Gasteiger partial charge in [-0.25, -0.2) is 4.79 Å². The molecule has 0 spiro atoms. The van der Waals surface area contributed by atoms with E-state index in [0.29, 0.717) is 6.54 Å². The quantitative estimate of drug-likeness (QED) is 0.855. The largest absolute Gasteiger partial charge is 0.496 e. The summed E-state index contributed by atoms with van der Waals surface area (Å²) in [6.07, 6.45) is 4.36. The predicted octanol–water partition coefficient (Wildman–Crippen LogP) is 4.40. The second-order valence-corrected chi connectivity index (χ2v) is 5.61. The number of hydrogen-bond donors (Lipinski definition) is 1. The van der Waals surface area contributed by atoms with Gasteiger partial charge in [0.1, 0.15) is 5.75 Å². The van der Waals surface area contributed by atoms with Crippen LogP contribution in [0.4, 0.5) is 10.5 Å². The minimum Gasteiger partial charge on any atom is -0.496 e. The molecule has 0 bridgehead atoms. The van der Waals surface area contributed by atoms with Crippen molar-refractivity contribution in [3.05, 3.63) is 53.9 Å². The van der Waals surface area contributed by atoms with E-state index in [1.165, 1.54) is 0 Å².